The number of ether oxygens (including phenoxy) is 2. The van der Waals surface area contributed by atoms with Gasteiger partial charge in [0.1, 0.15) is 5.75 Å². The molecule has 0 radical (unpaired) electrons. The predicted molar refractivity (Wildman–Crippen MR) is 66.3 cm³/mol. The summed E-state index contributed by atoms with van der Waals surface area (Å²) >= 11 is 5.83. The van der Waals surface area contributed by atoms with E-state index in [1.54, 1.807) is 13.2 Å². The normalized spacial score (nSPS) is 12.8. The molecule has 18 heavy (non-hydrogen) atoms. The molecule has 6 heteroatoms. The molecule has 0 aliphatic rings. The lowest BCUT2D eigenvalue weighted by Gasteiger charge is -2.15. The summed E-state index contributed by atoms with van der Waals surface area (Å²) in [5, 5.41) is 3.61. The van der Waals surface area contributed by atoms with Crippen LogP contribution in [-0.2, 0) is 11.3 Å². The van der Waals surface area contributed by atoms with E-state index in [0.29, 0.717) is 23.7 Å². The summed E-state index contributed by atoms with van der Waals surface area (Å²) in [5.74, 6) is 0.131. The largest absolute Gasteiger partial charge is 0.434 e. The highest BCUT2D eigenvalue weighted by atomic mass is 35.5. The fourth-order valence-corrected chi connectivity index (χ4v) is 1.68. The molecule has 0 heterocycles. The van der Waals surface area contributed by atoms with Crippen molar-refractivity contribution >= 4 is 11.6 Å². The average molecular weight is 280 g/mol. The standard InChI is InChI=1S/C12H16ClF2NO2/c1-8(7-17-2)16-6-9-5-10(13)3-4-11(9)18-12(14)15/h3-5,8,12,16H,6-7H2,1-2H3. The van der Waals surface area contributed by atoms with Gasteiger partial charge < -0.3 is 14.8 Å². The van der Waals surface area contributed by atoms with E-state index in [-0.39, 0.29) is 11.8 Å². The van der Waals surface area contributed by atoms with Crippen molar-refractivity contribution in [2.24, 2.45) is 0 Å². The molecule has 0 aromatic heterocycles. The zero-order valence-electron chi connectivity index (χ0n) is 10.3. The summed E-state index contributed by atoms with van der Waals surface area (Å²) in [6.07, 6.45) is 0. The van der Waals surface area contributed by atoms with Crippen LogP contribution in [0.5, 0.6) is 5.75 Å². The van der Waals surface area contributed by atoms with Crippen molar-refractivity contribution < 1.29 is 18.3 Å². The molecule has 0 aliphatic carbocycles. The second-order valence-electron chi connectivity index (χ2n) is 3.87. The number of rotatable bonds is 7. The van der Waals surface area contributed by atoms with Crippen LogP contribution in [0.25, 0.3) is 0 Å². The molecule has 1 N–H and O–H groups in total. The quantitative estimate of drug-likeness (QED) is 0.832. The molecule has 0 aliphatic heterocycles. The minimum Gasteiger partial charge on any atom is -0.434 e. The zero-order valence-corrected chi connectivity index (χ0v) is 11.0. The molecule has 102 valence electrons. The molecule has 1 rings (SSSR count). The molecular weight excluding hydrogens is 264 g/mol. The highest BCUT2D eigenvalue weighted by Crippen LogP contribution is 2.24. The van der Waals surface area contributed by atoms with Crippen LogP contribution in [0.15, 0.2) is 18.2 Å². The Morgan fingerprint density at radius 1 is 1.39 bits per heavy atom. The van der Waals surface area contributed by atoms with E-state index in [9.17, 15) is 8.78 Å². The van der Waals surface area contributed by atoms with Gasteiger partial charge in [-0.05, 0) is 25.1 Å². The molecule has 1 aromatic carbocycles. The average Bonchev–Trinajstić information content (AvgIpc) is 2.29. The maximum absolute atomic E-state index is 12.2. The lowest BCUT2D eigenvalue weighted by atomic mass is 10.2. The molecule has 1 aromatic rings. The van der Waals surface area contributed by atoms with Crippen LogP contribution in [0.4, 0.5) is 8.78 Å². The minimum atomic E-state index is -2.85. The fourth-order valence-electron chi connectivity index (χ4n) is 1.49. The van der Waals surface area contributed by atoms with Crippen LogP contribution >= 0.6 is 11.6 Å². The lowest BCUT2D eigenvalue weighted by molar-refractivity contribution is -0.0505. The summed E-state index contributed by atoms with van der Waals surface area (Å²) in [5.41, 5.74) is 0.589. The van der Waals surface area contributed by atoms with Gasteiger partial charge in [0, 0.05) is 30.3 Å². The molecule has 0 bridgehead atoms. The Morgan fingerprint density at radius 3 is 2.72 bits per heavy atom. The summed E-state index contributed by atoms with van der Waals surface area (Å²) in [7, 11) is 1.60. The molecule has 1 atom stereocenters. The van der Waals surface area contributed by atoms with Crippen molar-refractivity contribution in [1.29, 1.82) is 0 Å². The maximum atomic E-state index is 12.2. The van der Waals surface area contributed by atoms with E-state index in [4.69, 9.17) is 16.3 Å². The second kappa shape index (κ2) is 7.51. The van der Waals surface area contributed by atoms with Crippen LogP contribution in [0.1, 0.15) is 12.5 Å². The van der Waals surface area contributed by atoms with Gasteiger partial charge in [-0.1, -0.05) is 11.6 Å². The van der Waals surface area contributed by atoms with Crippen molar-refractivity contribution in [2.45, 2.75) is 26.1 Å². The predicted octanol–water partition coefficient (Wildman–Crippen LogP) is 3.07. The summed E-state index contributed by atoms with van der Waals surface area (Å²) in [4.78, 5) is 0. The third-order valence-electron chi connectivity index (χ3n) is 2.30. The third kappa shape index (κ3) is 5.16. The van der Waals surface area contributed by atoms with E-state index in [1.807, 2.05) is 6.92 Å². The van der Waals surface area contributed by atoms with Gasteiger partial charge in [0.15, 0.2) is 0 Å². The highest BCUT2D eigenvalue weighted by molar-refractivity contribution is 6.30. The number of halogens is 3. The van der Waals surface area contributed by atoms with Crippen molar-refractivity contribution in [3.05, 3.63) is 28.8 Å². The van der Waals surface area contributed by atoms with Gasteiger partial charge >= 0.3 is 6.61 Å². The minimum absolute atomic E-state index is 0.105. The van der Waals surface area contributed by atoms with Crippen LogP contribution in [0, 0.1) is 0 Å². The van der Waals surface area contributed by atoms with Gasteiger partial charge in [0.2, 0.25) is 0 Å². The van der Waals surface area contributed by atoms with E-state index in [2.05, 4.69) is 10.1 Å². The van der Waals surface area contributed by atoms with Gasteiger partial charge in [-0.25, -0.2) is 0 Å². The molecular formula is C12H16ClF2NO2. The third-order valence-corrected chi connectivity index (χ3v) is 2.53. The van der Waals surface area contributed by atoms with E-state index >= 15 is 0 Å². The number of methoxy groups -OCH3 is 1. The molecule has 0 fully saturated rings. The fraction of sp³-hybridized carbons (Fsp3) is 0.500. The van der Waals surface area contributed by atoms with E-state index in [1.165, 1.54) is 12.1 Å². The molecule has 1 unspecified atom stereocenters. The number of benzene rings is 1. The molecule has 3 nitrogen and oxygen atoms in total. The number of alkyl halides is 2. The molecule has 0 saturated carbocycles. The van der Waals surface area contributed by atoms with E-state index < -0.39 is 6.61 Å². The Bertz CT molecular complexity index is 377. The van der Waals surface area contributed by atoms with Crippen LogP contribution < -0.4 is 10.1 Å². The summed E-state index contributed by atoms with van der Waals surface area (Å²) in [6.45, 7) is 0.00166. The van der Waals surface area contributed by atoms with Crippen LogP contribution in [-0.4, -0.2) is 26.4 Å². The Morgan fingerprint density at radius 2 is 2.11 bits per heavy atom. The number of hydrogen-bond donors (Lipinski definition) is 1. The monoisotopic (exact) mass is 279 g/mol. The molecule has 0 amide bonds. The van der Waals surface area contributed by atoms with Crippen LogP contribution in [0.3, 0.4) is 0 Å². The van der Waals surface area contributed by atoms with Gasteiger partial charge in [-0.2, -0.15) is 8.78 Å². The number of hydrogen-bond acceptors (Lipinski definition) is 3. The van der Waals surface area contributed by atoms with Crippen molar-refractivity contribution in [1.82, 2.24) is 5.32 Å². The maximum Gasteiger partial charge on any atom is 0.387 e. The first-order chi connectivity index (χ1) is 8.52. The summed E-state index contributed by atoms with van der Waals surface area (Å²) < 4.78 is 33.9. The molecule has 0 saturated heterocycles. The first kappa shape index (κ1) is 15.1. The SMILES string of the molecule is COCC(C)NCc1cc(Cl)ccc1OC(F)F. The van der Waals surface area contributed by atoms with Crippen molar-refractivity contribution in [3.8, 4) is 5.75 Å². The second-order valence-corrected chi connectivity index (χ2v) is 4.30. The first-order valence-corrected chi connectivity index (χ1v) is 5.86. The highest BCUT2D eigenvalue weighted by Gasteiger charge is 2.11. The Kier molecular flexibility index (Phi) is 6.32. The van der Waals surface area contributed by atoms with Crippen molar-refractivity contribution in [3.63, 3.8) is 0 Å². The number of nitrogens with one attached hydrogen (secondary N) is 1. The van der Waals surface area contributed by atoms with E-state index in [0.717, 1.165) is 0 Å². The van der Waals surface area contributed by atoms with Crippen molar-refractivity contribution in [2.75, 3.05) is 13.7 Å². The van der Waals surface area contributed by atoms with Gasteiger partial charge in [-0.15, -0.1) is 0 Å². The summed E-state index contributed by atoms with van der Waals surface area (Å²) in [6, 6.07) is 4.66. The Hall–Kier alpha value is -0.910. The Labute approximate surface area is 110 Å². The smallest absolute Gasteiger partial charge is 0.387 e. The van der Waals surface area contributed by atoms with Gasteiger partial charge in [-0.3, -0.25) is 0 Å². The topological polar surface area (TPSA) is 30.5 Å². The Balaban J connectivity index is 2.69. The molecule has 0 spiro atoms. The van der Waals surface area contributed by atoms with Gasteiger partial charge in [0.25, 0.3) is 0 Å². The van der Waals surface area contributed by atoms with Gasteiger partial charge in [0.05, 0.1) is 6.61 Å². The zero-order chi connectivity index (χ0) is 13.5. The first-order valence-electron chi connectivity index (χ1n) is 5.48. The van der Waals surface area contributed by atoms with Crippen LogP contribution in [0.2, 0.25) is 5.02 Å². The lowest BCUT2D eigenvalue weighted by Crippen LogP contribution is -2.29.